The van der Waals surface area contributed by atoms with Crippen molar-refractivity contribution < 1.29 is 0 Å². The van der Waals surface area contributed by atoms with Gasteiger partial charge in [-0.15, -0.1) is 0 Å². The van der Waals surface area contributed by atoms with Crippen LogP contribution in [0.15, 0.2) is 0 Å². The molecule has 0 radical (unpaired) electrons. The van der Waals surface area contributed by atoms with E-state index in [-0.39, 0.29) is 0 Å². The van der Waals surface area contributed by atoms with Crippen LogP contribution >= 0.6 is 0 Å². The van der Waals surface area contributed by atoms with E-state index in [1.165, 1.54) is 0 Å². The fourth-order valence-electron chi connectivity index (χ4n) is 0.671. The molecule has 0 aliphatic rings. The van der Waals surface area contributed by atoms with Crippen molar-refractivity contribution in [2.75, 3.05) is 60.4 Å². The molecule has 0 amide bonds. The van der Waals surface area contributed by atoms with Gasteiger partial charge in [-0.1, -0.05) is 41.5 Å². The van der Waals surface area contributed by atoms with Crippen LogP contribution in [0.3, 0.4) is 0 Å². The summed E-state index contributed by atoms with van der Waals surface area (Å²) in [6.07, 6.45) is 0. The second kappa shape index (κ2) is 19.2. The lowest BCUT2D eigenvalue weighted by atomic mass is 10.6. The van der Waals surface area contributed by atoms with Crippen molar-refractivity contribution in [1.29, 1.82) is 0 Å². The third-order valence-corrected chi connectivity index (χ3v) is 3.24. The van der Waals surface area contributed by atoms with Crippen molar-refractivity contribution in [3.63, 3.8) is 0 Å². The van der Waals surface area contributed by atoms with Crippen LogP contribution in [-0.4, -0.2) is 75.1 Å². The minimum Gasteiger partial charge on any atom is -0.307 e. The van der Waals surface area contributed by atoms with Gasteiger partial charge in [-0.25, -0.2) is 0 Å². The Bertz CT molecular complexity index is 93.1. The smallest absolute Gasteiger partial charge is 0.00504 e. The van der Waals surface area contributed by atoms with Gasteiger partial charge in [-0.3, -0.25) is 0 Å². The van der Waals surface area contributed by atoms with E-state index in [9.17, 15) is 0 Å². The summed E-state index contributed by atoms with van der Waals surface area (Å²) in [6.45, 7) is 19.9. The van der Waals surface area contributed by atoms with Gasteiger partial charge in [0.1, 0.15) is 0 Å². The molecule has 0 aliphatic heterocycles. The van der Waals surface area contributed by atoms with Gasteiger partial charge in [0, 0.05) is 0 Å². The molecule has 0 N–H and O–H groups in total. The van der Waals surface area contributed by atoms with Crippen LogP contribution in [0.4, 0.5) is 0 Å². The quantitative estimate of drug-likeness (QED) is 0.728. The highest BCUT2D eigenvalue weighted by Crippen LogP contribution is 1.74. The molecule has 0 aromatic rings. The largest absolute Gasteiger partial charge is 0.307 e. The Labute approximate surface area is 117 Å². The maximum Gasteiger partial charge on any atom is -0.00504 e. The van der Waals surface area contributed by atoms with Gasteiger partial charge in [0.25, 0.3) is 0 Å². The first kappa shape index (κ1) is 23.0. The summed E-state index contributed by atoms with van der Waals surface area (Å²) in [5.74, 6) is 0. The molecule has 114 valence electrons. The number of rotatable bonds is 6. The fraction of sp³-hybridized carbons (Fsp3) is 1.00. The van der Waals surface area contributed by atoms with E-state index in [4.69, 9.17) is 0 Å². The topological polar surface area (TPSA) is 9.72 Å². The lowest BCUT2D eigenvalue weighted by Crippen LogP contribution is -2.15. The Hall–Kier alpha value is -0.120. The van der Waals surface area contributed by atoms with Crippen molar-refractivity contribution in [3.05, 3.63) is 0 Å². The van der Waals surface area contributed by atoms with Crippen LogP contribution in [0.2, 0.25) is 0 Å². The van der Waals surface area contributed by atoms with Gasteiger partial charge >= 0.3 is 0 Å². The van der Waals surface area contributed by atoms with Gasteiger partial charge in [-0.2, -0.15) is 0 Å². The molecule has 18 heavy (non-hydrogen) atoms. The minimum atomic E-state index is 1.16. The molecule has 0 saturated carbocycles. The van der Waals surface area contributed by atoms with E-state index in [0.717, 1.165) is 39.3 Å². The SMILES string of the molecule is CCN(C)CC.CCN(C)CC.CCN(C)CC. The summed E-state index contributed by atoms with van der Waals surface area (Å²) >= 11 is 0. The van der Waals surface area contributed by atoms with Crippen molar-refractivity contribution in [1.82, 2.24) is 14.7 Å². The Kier molecular flexibility index (Phi) is 24.6. The summed E-state index contributed by atoms with van der Waals surface area (Å²) in [4.78, 5) is 6.75. The maximum atomic E-state index is 2.25. The van der Waals surface area contributed by atoms with Gasteiger partial charge in [0.05, 0.1) is 0 Å². The Morgan fingerprint density at radius 3 is 0.500 bits per heavy atom. The molecule has 0 atom stereocenters. The van der Waals surface area contributed by atoms with Crippen LogP contribution in [0.25, 0.3) is 0 Å². The number of nitrogens with zero attached hydrogens (tertiary/aromatic N) is 3. The van der Waals surface area contributed by atoms with E-state index in [1.807, 2.05) is 0 Å². The summed E-state index contributed by atoms with van der Waals surface area (Å²) < 4.78 is 0. The molecule has 3 heteroatoms. The summed E-state index contributed by atoms with van der Waals surface area (Å²) in [5, 5.41) is 0. The predicted molar refractivity (Wildman–Crippen MR) is 86.5 cm³/mol. The monoisotopic (exact) mass is 261 g/mol. The van der Waals surface area contributed by atoms with E-state index >= 15 is 0 Å². The fourth-order valence-corrected chi connectivity index (χ4v) is 0.671. The zero-order chi connectivity index (χ0) is 15.0. The third kappa shape index (κ3) is 24.9. The van der Waals surface area contributed by atoms with Gasteiger partial charge in [0.15, 0.2) is 0 Å². The van der Waals surface area contributed by atoms with Crippen LogP contribution < -0.4 is 0 Å². The van der Waals surface area contributed by atoms with E-state index < -0.39 is 0 Å². The lowest BCUT2D eigenvalue weighted by molar-refractivity contribution is 0.373. The first-order valence-corrected chi connectivity index (χ1v) is 7.48. The molecule has 0 aliphatic carbocycles. The Morgan fingerprint density at radius 1 is 0.389 bits per heavy atom. The molecule has 0 aromatic carbocycles. The summed E-state index contributed by atoms with van der Waals surface area (Å²) in [6, 6.07) is 0. The second-order valence-electron chi connectivity index (χ2n) is 4.47. The highest BCUT2D eigenvalue weighted by Gasteiger charge is 1.82. The molecular formula is C15H39N3. The molecule has 0 aromatic heterocycles. The Morgan fingerprint density at radius 2 is 0.500 bits per heavy atom. The molecule has 3 nitrogen and oxygen atoms in total. The lowest BCUT2D eigenvalue weighted by Gasteiger charge is -2.07. The molecule has 0 bridgehead atoms. The molecule has 0 unspecified atom stereocenters. The summed E-state index contributed by atoms with van der Waals surface area (Å²) in [7, 11) is 6.33. The highest BCUT2D eigenvalue weighted by atomic mass is 15.1. The molecule has 0 fully saturated rings. The Balaban J connectivity index is -0.000000187. The molecule has 0 heterocycles. The van der Waals surface area contributed by atoms with Gasteiger partial charge in [-0.05, 0) is 60.4 Å². The first-order valence-electron chi connectivity index (χ1n) is 7.48. The zero-order valence-corrected chi connectivity index (χ0v) is 14.6. The maximum absolute atomic E-state index is 2.25. The molecular weight excluding hydrogens is 222 g/mol. The molecule has 0 spiro atoms. The predicted octanol–water partition coefficient (Wildman–Crippen LogP) is 2.87. The van der Waals surface area contributed by atoms with Crippen LogP contribution in [0.5, 0.6) is 0 Å². The molecule has 0 rings (SSSR count). The van der Waals surface area contributed by atoms with E-state index in [1.54, 1.807) is 0 Å². The molecule has 0 saturated heterocycles. The highest BCUT2D eigenvalue weighted by molar-refractivity contribution is 4.37. The second-order valence-corrected chi connectivity index (χ2v) is 4.47. The third-order valence-electron chi connectivity index (χ3n) is 3.24. The van der Waals surface area contributed by atoms with Crippen LogP contribution in [0.1, 0.15) is 41.5 Å². The minimum absolute atomic E-state index is 1.16. The van der Waals surface area contributed by atoms with Gasteiger partial charge in [0.2, 0.25) is 0 Å². The van der Waals surface area contributed by atoms with Crippen LogP contribution in [-0.2, 0) is 0 Å². The van der Waals surface area contributed by atoms with E-state index in [2.05, 4.69) is 77.4 Å². The standard InChI is InChI=1S/3C5H13N/c3*1-4-6(3)5-2/h3*4-5H2,1-3H3. The van der Waals surface area contributed by atoms with E-state index in [0.29, 0.717) is 0 Å². The van der Waals surface area contributed by atoms with Crippen molar-refractivity contribution >= 4 is 0 Å². The zero-order valence-electron chi connectivity index (χ0n) is 14.6. The van der Waals surface area contributed by atoms with Crippen molar-refractivity contribution in [3.8, 4) is 0 Å². The normalized spacial score (nSPS) is 10.0. The van der Waals surface area contributed by atoms with Crippen molar-refractivity contribution in [2.24, 2.45) is 0 Å². The first-order chi connectivity index (χ1) is 8.42. The van der Waals surface area contributed by atoms with Gasteiger partial charge < -0.3 is 14.7 Å². The average Bonchev–Trinajstić information content (AvgIpc) is 2.45. The van der Waals surface area contributed by atoms with Crippen LogP contribution in [0, 0.1) is 0 Å². The summed E-state index contributed by atoms with van der Waals surface area (Å²) in [5.41, 5.74) is 0. The average molecular weight is 261 g/mol. The van der Waals surface area contributed by atoms with Crippen molar-refractivity contribution in [2.45, 2.75) is 41.5 Å². The number of hydrogen-bond donors (Lipinski definition) is 0. The number of hydrogen-bond acceptors (Lipinski definition) is 3.